The number of benzene rings is 1. The zero-order valence-corrected chi connectivity index (χ0v) is 12.7. The minimum atomic E-state index is -1.03. The first-order valence-corrected chi connectivity index (χ1v) is 7.59. The summed E-state index contributed by atoms with van der Waals surface area (Å²) in [6.45, 7) is 2.49. The van der Waals surface area contributed by atoms with Gasteiger partial charge >= 0.3 is 5.97 Å². The van der Waals surface area contributed by atoms with Crippen LogP contribution in [0.15, 0.2) is 40.9 Å². The highest BCUT2D eigenvalue weighted by molar-refractivity contribution is 5.90. The Bertz CT molecular complexity index is 891. The minimum Gasteiger partial charge on any atom is -0.475 e. The van der Waals surface area contributed by atoms with Crippen molar-refractivity contribution in [1.29, 1.82) is 0 Å². The lowest BCUT2D eigenvalue weighted by molar-refractivity contribution is 0.0659. The predicted octanol–water partition coefficient (Wildman–Crippen LogP) is 3.30. The van der Waals surface area contributed by atoms with E-state index in [1.54, 1.807) is 6.92 Å². The van der Waals surface area contributed by atoms with Crippen LogP contribution in [0.3, 0.4) is 0 Å². The summed E-state index contributed by atoms with van der Waals surface area (Å²) in [7, 11) is 0. The zero-order chi connectivity index (χ0) is 16.0. The Labute approximate surface area is 133 Å². The van der Waals surface area contributed by atoms with Crippen LogP contribution in [0.4, 0.5) is 0 Å². The topological polar surface area (TPSA) is 68.3 Å². The summed E-state index contributed by atoms with van der Waals surface area (Å²) in [5, 5.41) is 13.9. The summed E-state index contributed by atoms with van der Waals surface area (Å²) in [5.41, 5.74) is 4.71. The Kier molecular flexibility index (Phi) is 3.08. The monoisotopic (exact) mass is 308 g/mol. The fourth-order valence-corrected chi connectivity index (χ4v) is 3.22. The zero-order valence-electron chi connectivity index (χ0n) is 12.7. The van der Waals surface area contributed by atoms with Crippen LogP contribution in [0.1, 0.15) is 33.0 Å². The minimum absolute atomic E-state index is 0.0282. The quantitative estimate of drug-likeness (QED) is 0.806. The molecule has 5 heteroatoms. The van der Waals surface area contributed by atoms with E-state index in [4.69, 9.17) is 4.42 Å². The van der Waals surface area contributed by atoms with Crippen molar-refractivity contribution in [3.8, 4) is 11.3 Å². The van der Waals surface area contributed by atoms with Crippen LogP contribution < -0.4 is 0 Å². The van der Waals surface area contributed by atoms with Crippen LogP contribution in [0.2, 0.25) is 0 Å². The smallest absolute Gasteiger partial charge is 0.372 e. The number of aromatic carboxylic acids is 1. The van der Waals surface area contributed by atoms with E-state index in [9.17, 15) is 9.90 Å². The summed E-state index contributed by atoms with van der Waals surface area (Å²) >= 11 is 0. The van der Waals surface area contributed by atoms with Crippen molar-refractivity contribution in [3.05, 3.63) is 64.7 Å². The molecule has 1 aliphatic carbocycles. The number of furan rings is 1. The Morgan fingerprint density at radius 3 is 2.83 bits per heavy atom. The maximum atomic E-state index is 11.3. The highest BCUT2D eigenvalue weighted by Gasteiger charge is 2.29. The average Bonchev–Trinajstić information content (AvgIpc) is 3.08. The number of hydrogen-bond donors (Lipinski definition) is 1. The number of fused-ring (bicyclic) bond motifs is 3. The molecule has 0 radical (unpaired) electrons. The van der Waals surface area contributed by atoms with Crippen LogP contribution in [0.25, 0.3) is 11.3 Å². The van der Waals surface area contributed by atoms with Gasteiger partial charge in [0, 0.05) is 23.7 Å². The molecule has 1 aromatic carbocycles. The van der Waals surface area contributed by atoms with Crippen LogP contribution >= 0.6 is 0 Å². The highest BCUT2D eigenvalue weighted by atomic mass is 16.4. The predicted molar refractivity (Wildman–Crippen MR) is 84.6 cm³/mol. The van der Waals surface area contributed by atoms with Gasteiger partial charge < -0.3 is 9.52 Å². The maximum absolute atomic E-state index is 11.3. The number of carbonyl (C=O) groups is 1. The number of nitrogens with zero attached hydrogens (tertiary/aromatic N) is 2. The van der Waals surface area contributed by atoms with Crippen molar-refractivity contribution in [2.75, 3.05) is 0 Å². The van der Waals surface area contributed by atoms with E-state index in [-0.39, 0.29) is 5.76 Å². The van der Waals surface area contributed by atoms with Gasteiger partial charge in [-0.05, 0) is 24.5 Å². The molecule has 2 aromatic heterocycles. The second-order valence-electron chi connectivity index (χ2n) is 5.85. The Morgan fingerprint density at radius 2 is 2.09 bits per heavy atom. The third kappa shape index (κ3) is 2.25. The van der Waals surface area contributed by atoms with Crippen molar-refractivity contribution in [3.63, 3.8) is 0 Å². The largest absolute Gasteiger partial charge is 0.475 e. The molecule has 5 nitrogen and oxygen atoms in total. The number of aryl methyl sites for hydroxylation is 2. The van der Waals surface area contributed by atoms with E-state index in [1.807, 2.05) is 22.9 Å². The van der Waals surface area contributed by atoms with Gasteiger partial charge in [-0.25, -0.2) is 4.79 Å². The Hall–Kier alpha value is -2.82. The number of carboxylic acid groups (broad SMARTS) is 1. The van der Waals surface area contributed by atoms with Crippen LogP contribution in [-0.4, -0.2) is 20.9 Å². The standard InChI is InChI=1S/C18H16N2O3/c1-11-15-14(23-17(11)18(21)22)8-7-13-10-20(19-16(13)15)9-12-5-3-2-4-6-12/h2-6,10H,7-9H2,1H3,(H,21,22). The second kappa shape index (κ2) is 5.12. The molecule has 0 spiro atoms. The lowest BCUT2D eigenvalue weighted by atomic mass is 9.94. The molecule has 3 aromatic rings. The maximum Gasteiger partial charge on any atom is 0.372 e. The first kappa shape index (κ1) is 13.8. The van der Waals surface area contributed by atoms with Crippen LogP contribution in [0.5, 0.6) is 0 Å². The van der Waals surface area contributed by atoms with E-state index < -0.39 is 5.97 Å². The summed E-state index contributed by atoms with van der Waals surface area (Å²) in [6, 6.07) is 10.1. The molecular weight excluding hydrogens is 292 g/mol. The van der Waals surface area contributed by atoms with Crippen molar-refractivity contribution in [1.82, 2.24) is 9.78 Å². The van der Waals surface area contributed by atoms with Gasteiger partial charge in [0.05, 0.1) is 12.2 Å². The van der Waals surface area contributed by atoms with Gasteiger partial charge in [0.15, 0.2) is 0 Å². The number of rotatable bonds is 3. The van der Waals surface area contributed by atoms with E-state index >= 15 is 0 Å². The second-order valence-corrected chi connectivity index (χ2v) is 5.85. The Morgan fingerprint density at radius 1 is 1.30 bits per heavy atom. The normalized spacial score (nSPS) is 12.7. The van der Waals surface area contributed by atoms with Crippen molar-refractivity contribution in [2.45, 2.75) is 26.3 Å². The first-order chi connectivity index (χ1) is 11.1. The van der Waals surface area contributed by atoms with E-state index in [2.05, 4.69) is 23.4 Å². The molecule has 0 bridgehead atoms. The molecule has 0 amide bonds. The lowest BCUT2D eigenvalue weighted by Crippen LogP contribution is -2.01. The van der Waals surface area contributed by atoms with Crippen molar-refractivity contribution < 1.29 is 14.3 Å². The number of hydrogen-bond acceptors (Lipinski definition) is 3. The summed E-state index contributed by atoms with van der Waals surface area (Å²) < 4.78 is 7.45. The van der Waals surface area contributed by atoms with Crippen molar-refractivity contribution >= 4 is 5.97 Å². The summed E-state index contributed by atoms with van der Waals surface area (Å²) in [4.78, 5) is 11.3. The molecule has 0 saturated carbocycles. The van der Waals surface area contributed by atoms with Gasteiger partial charge in [-0.15, -0.1) is 0 Å². The SMILES string of the molecule is Cc1c(C(=O)O)oc2c1-c1nn(Cc3ccccc3)cc1CC2. The van der Waals surface area contributed by atoms with Crippen molar-refractivity contribution in [2.24, 2.45) is 0 Å². The molecule has 0 unspecified atom stereocenters. The molecule has 116 valence electrons. The molecule has 2 heterocycles. The van der Waals surface area contributed by atoms with Gasteiger partial charge in [-0.2, -0.15) is 5.10 Å². The highest BCUT2D eigenvalue weighted by Crippen LogP contribution is 2.38. The van der Waals surface area contributed by atoms with Crippen LogP contribution in [-0.2, 0) is 19.4 Å². The Balaban J connectivity index is 1.75. The fourth-order valence-electron chi connectivity index (χ4n) is 3.22. The van der Waals surface area contributed by atoms with Crippen LogP contribution in [0, 0.1) is 6.92 Å². The first-order valence-electron chi connectivity index (χ1n) is 7.59. The van der Waals surface area contributed by atoms with E-state index in [1.165, 1.54) is 5.56 Å². The van der Waals surface area contributed by atoms with E-state index in [0.29, 0.717) is 18.5 Å². The fraction of sp³-hybridized carbons (Fsp3) is 0.222. The summed E-state index contributed by atoms with van der Waals surface area (Å²) in [6.07, 6.45) is 3.59. The molecule has 4 rings (SSSR count). The number of carboxylic acids is 1. The molecule has 0 atom stereocenters. The molecule has 1 N–H and O–H groups in total. The van der Waals surface area contributed by atoms with Gasteiger partial charge in [0.25, 0.3) is 0 Å². The van der Waals surface area contributed by atoms with E-state index in [0.717, 1.165) is 29.0 Å². The third-order valence-corrected chi connectivity index (χ3v) is 4.30. The molecular formula is C18H16N2O3. The average molecular weight is 308 g/mol. The molecule has 0 fully saturated rings. The van der Waals surface area contributed by atoms with Gasteiger partial charge in [0.2, 0.25) is 5.76 Å². The number of aromatic nitrogens is 2. The molecule has 1 aliphatic rings. The van der Waals surface area contributed by atoms with Gasteiger partial charge in [-0.3, -0.25) is 4.68 Å². The third-order valence-electron chi connectivity index (χ3n) is 4.30. The van der Waals surface area contributed by atoms with Gasteiger partial charge in [0.1, 0.15) is 5.76 Å². The molecule has 0 aliphatic heterocycles. The lowest BCUT2D eigenvalue weighted by Gasteiger charge is -2.09. The molecule has 23 heavy (non-hydrogen) atoms. The van der Waals surface area contributed by atoms with Gasteiger partial charge in [-0.1, -0.05) is 30.3 Å². The summed E-state index contributed by atoms with van der Waals surface area (Å²) in [5.74, 6) is -0.264. The molecule has 0 saturated heterocycles.